The maximum absolute atomic E-state index is 6.21. The van der Waals surface area contributed by atoms with Gasteiger partial charge in [-0.1, -0.05) is 39.0 Å². The average molecular weight is 215 g/mol. The summed E-state index contributed by atoms with van der Waals surface area (Å²) in [5.41, 5.74) is 0.592. The van der Waals surface area contributed by atoms with Crippen LogP contribution in [-0.4, -0.2) is 5.38 Å². The van der Waals surface area contributed by atoms with E-state index >= 15 is 0 Å². The minimum atomic E-state index is 0.476. The molecule has 82 valence electrons. The summed E-state index contributed by atoms with van der Waals surface area (Å²) in [7, 11) is 0. The molecule has 0 N–H and O–H groups in total. The molecular weight excluding hydrogens is 192 g/mol. The molecule has 2 aliphatic carbocycles. The van der Waals surface area contributed by atoms with Gasteiger partial charge in [-0.3, -0.25) is 0 Å². The zero-order valence-corrected chi connectivity index (χ0v) is 10.2. The Morgan fingerprint density at radius 1 is 1.14 bits per heavy atom. The molecule has 0 nitrogen and oxygen atoms in total. The topological polar surface area (TPSA) is 0 Å². The van der Waals surface area contributed by atoms with Crippen molar-refractivity contribution in [3.63, 3.8) is 0 Å². The summed E-state index contributed by atoms with van der Waals surface area (Å²) >= 11 is 6.21. The highest BCUT2D eigenvalue weighted by Crippen LogP contribution is 2.46. The molecule has 0 amide bonds. The Hall–Kier alpha value is 0.290. The molecule has 0 heterocycles. The molecule has 2 saturated carbocycles. The van der Waals surface area contributed by atoms with Gasteiger partial charge in [-0.05, 0) is 37.0 Å². The fourth-order valence-corrected chi connectivity index (χ4v) is 4.00. The Kier molecular flexibility index (Phi) is 3.42. The van der Waals surface area contributed by atoms with Crippen molar-refractivity contribution in [3.8, 4) is 0 Å². The SMILES string of the molecule is CC1(CC2CCCCC2)CCC(Cl)C1. The van der Waals surface area contributed by atoms with Crippen LogP contribution in [0, 0.1) is 11.3 Å². The molecule has 2 unspecified atom stereocenters. The van der Waals surface area contributed by atoms with E-state index in [2.05, 4.69) is 6.92 Å². The van der Waals surface area contributed by atoms with Gasteiger partial charge in [-0.15, -0.1) is 11.6 Å². The van der Waals surface area contributed by atoms with Crippen molar-refractivity contribution in [2.75, 3.05) is 0 Å². The van der Waals surface area contributed by atoms with Crippen LogP contribution in [0.2, 0.25) is 0 Å². The van der Waals surface area contributed by atoms with Crippen molar-refractivity contribution in [3.05, 3.63) is 0 Å². The largest absolute Gasteiger partial charge is 0.123 e. The molecule has 2 atom stereocenters. The molecule has 0 aliphatic heterocycles. The van der Waals surface area contributed by atoms with E-state index in [-0.39, 0.29) is 0 Å². The second kappa shape index (κ2) is 4.43. The number of halogens is 1. The third kappa shape index (κ3) is 2.66. The van der Waals surface area contributed by atoms with E-state index in [9.17, 15) is 0 Å². The van der Waals surface area contributed by atoms with E-state index in [1.807, 2.05) is 0 Å². The van der Waals surface area contributed by atoms with Gasteiger partial charge in [0.2, 0.25) is 0 Å². The molecule has 2 fully saturated rings. The minimum absolute atomic E-state index is 0.476. The summed E-state index contributed by atoms with van der Waals surface area (Å²) in [6.07, 6.45) is 12.8. The lowest BCUT2D eigenvalue weighted by Crippen LogP contribution is -2.19. The molecule has 0 spiro atoms. The van der Waals surface area contributed by atoms with Crippen LogP contribution < -0.4 is 0 Å². The molecule has 0 aromatic carbocycles. The first kappa shape index (κ1) is 10.8. The van der Waals surface area contributed by atoms with Gasteiger partial charge in [0.15, 0.2) is 0 Å². The van der Waals surface area contributed by atoms with Crippen molar-refractivity contribution in [1.29, 1.82) is 0 Å². The number of hydrogen-bond acceptors (Lipinski definition) is 0. The first-order chi connectivity index (χ1) is 6.68. The normalized spacial score (nSPS) is 40.3. The summed E-state index contributed by atoms with van der Waals surface area (Å²) in [6, 6.07) is 0. The molecule has 0 radical (unpaired) electrons. The summed E-state index contributed by atoms with van der Waals surface area (Å²) in [5.74, 6) is 1.02. The van der Waals surface area contributed by atoms with Gasteiger partial charge in [0.1, 0.15) is 0 Å². The highest BCUT2D eigenvalue weighted by atomic mass is 35.5. The highest BCUT2D eigenvalue weighted by Gasteiger charge is 2.36. The van der Waals surface area contributed by atoms with Crippen LogP contribution in [0.15, 0.2) is 0 Å². The summed E-state index contributed by atoms with van der Waals surface area (Å²) in [6.45, 7) is 2.46. The van der Waals surface area contributed by atoms with Crippen LogP contribution in [0.5, 0.6) is 0 Å². The third-order valence-corrected chi connectivity index (χ3v) is 4.65. The zero-order chi connectivity index (χ0) is 10.0. The predicted molar refractivity (Wildman–Crippen MR) is 62.8 cm³/mol. The highest BCUT2D eigenvalue weighted by molar-refractivity contribution is 6.20. The van der Waals surface area contributed by atoms with Crippen LogP contribution >= 0.6 is 11.6 Å². The number of hydrogen-bond donors (Lipinski definition) is 0. The van der Waals surface area contributed by atoms with Crippen LogP contribution in [0.4, 0.5) is 0 Å². The summed E-state index contributed by atoms with van der Waals surface area (Å²) in [4.78, 5) is 0. The second-order valence-electron chi connectivity index (χ2n) is 5.86. The number of rotatable bonds is 2. The molecular formula is C13H23Cl. The lowest BCUT2D eigenvalue weighted by atomic mass is 9.74. The predicted octanol–water partition coefficient (Wildman–Crippen LogP) is 4.75. The van der Waals surface area contributed by atoms with Crippen molar-refractivity contribution >= 4 is 11.6 Å². The first-order valence-corrected chi connectivity index (χ1v) is 6.76. The second-order valence-corrected chi connectivity index (χ2v) is 6.48. The lowest BCUT2D eigenvalue weighted by Gasteiger charge is -2.31. The van der Waals surface area contributed by atoms with Gasteiger partial charge in [-0.2, -0.15) is 0 Å². The fourth-order valence-electron chi connectivity index (χ4n) is 3.52. The Morgan fingerprint density at radius 3 is 2.43 bits per heavy atom. The van der Waals surface area contributed by atoms with E-state index in [0.717, 1.165) is 5.92 Å². The maximum Gasteiger partial charge on any atom is 0.0341 e. The van der Waals surface area contributed by atoms with Gasteiger partial charge >= 0.3 is 0 Å². The molecule has 0 aromatic rings. The van der Waals surface area contributed by atoms with Gasteiger partial charge in [-0.25, -0.2) is 0 Å². The quantitative estimate of drug-likeness (QED) is 0.582. The Balaban J connectivity index is 1.83. The third-order valence-electron chi connectivity index (χ3n) is 4.28. The number of alkyl halides is 1. The van der Waals surface area contributed by atoms with E-state index < -0.39 is 0 Å². The van der Waals surface area contributed by atoms with Gasteiger partial charge in [0.25, 0.3) is 0 Å². The monoisotopic (exact) mass is 214 g/mol. The van der Waals surface area contributed by atoms with Crippen LogP contribution in [0.25, 0.3) is 0 Å². The fraction of sp³-hybridized carbons (Fsp3) is 1.00. The lowest BCUT2D eigenvalue weighted by molar-refractivity contribution is 0.208. The Bertz CT molecular complexity index is 184. The van der Waals surface area contributed by atoms with Crippen molar-refractivity contribution < 1.29 is 0 Å². The maximum atomic E-state index is 6.21. The molecule has 2 aliphatic rings. The van der Waals surface area contributed by atoms with E-state index in [1.165, 1.54) is 57.8 Å². The van der Waals surface area contributed by atoms with Gasteiger partial charge in [0, 0.05) is 5.38 Å². The van der Waals surface area contributed by atoms with Crippen LogP contribution in [0.3, 0.4) is 0 Å². The average Bonchev–Trinajstić information content (AvgIpc) is 2.47. The van der Waals surface area contributed by atoms with E-state index in [0.29, 0.717) is 10.8 Å². The van der Waals surface area contributed by atoms with E-state index in [4.69, 9.17) is 11.6 Å². The van der Waals surface area contributed by atoms with Crippen LogP contribution in [-0.2, 0) is 0 Å². The molecule has 14 heavy (non-hydrogen) atoms. The molecule has 0 bridgehead atoms. The van der Waals surface area contributed by atoms with E-state index in [1.54, 1.807) is 0 Å². The Labute approximate surface area is 93.4 Å². The molecule has 0 aromatic heterocycles. The van der Waals surface area contributed by atoms with Gasteiger partial charge < -0.3 is 0 Å². The smallest absolute Gasteiger partial charge is 0.0341 e. The molecule has 1 heteroatoms. The minimum Gasteiger partial charge on any atom is -0.123 e. The van der Waals surface area contributed by atoms with Gasteiger partial charge in [0.05, 0.1) is 0 Å². The van der Waals surface area contributed by atoms with Crippen LogP contribution in [0.1, 0.15) is 64.7 Å². The summed E-state index contributed by atoms with van der Waals surface area (Å²) in [5, 5.41) is 0.476. The van der Waals surface area contributed by atoms with Crippen molar-refractivity contribution in [2.24, 2.45) is 11.3 Å². The standard InChI is InChI=1S/C13H23Cl/c1-13(8-7-12(14)10-13)9-11-5-3-2-4-6-11/h11-12H,2-10H2,1H3. The van der Waals surface area contributed by atoms with Crippen molar-refractivity contribution in [1.82, 2.24) is 0 Å². The zero-order valence-electron chi connectivity index (χ0n) is 9.40. The first-order valence-electron chi connectivity index (χ1n) is 6.32. The molecule has 0 saturated heterocycles. The summed E-state index contributed by atoms with van der Waals surface area (Å²) < 4.78 is 0. The Morgan fingerprint density at radius 2 is 1.86 bits per heavy atom. The molecule has 2 rings (SSSR count). The van der Waals surface area contributed by atoms with Crippen molar-refractivity contribution in [2.45, 2.75) is 70.1 Å².